The van der Waals surface area contributed by atoms with E-state index < -0.39 is 5.92 Å². The van der Waals surface area contributed by atoms with E-state index in [-0.39, 0.29) is 11.2 Å². The van der Waals surface area contributed by atoms with E-state index in [0.717, 1.165) is 16.9 Å². The van der Waals surface area contributed by atoms with Gasteiger partial charge in [0, 0.05) is 29.5 Å². The van der Waals surface area contributed by atoms with Crippen LogP contribution in [0.1, 0.15) is 45.1 Å². The van der Waals surface area contributed by atoms with Gasteiger partial charge in [0.2, 0.25) is 0 Å². The highest BCUT2D eigenvalue weighted by atomic mass is 16.5. The number of nitrogens with two attached hydrogens (primary N) is 1. The molecule has 2 aromatic rings. The average Bonchev–Trinajstić information content (AvgIpc) is 2.73. The van der Waals surface area contributed by atoms with E-state index in [1.54, 1.807) is 12.4 Å². The van der Waals surface area contributed by atoms with Gasteiger partial charge in [0.1, 0.15) is 11.6 Å². The van der Waals surface area contributed by atoms with E-state index in [1.165, 1.54) is 0 Å². The molecule has 0 saturated heterocycles. The summed E-state index contributed by atoms with van der Waals surface area (Å²) in [6, 6.07) is 13.6. The summed E-state index contributed by atoms with van der Waals surface area (Å²) in [5.41, 5.74) is 9.75. The van der Waals surface area contributed by atoms with Crippen molar-refractivity contribution in [3.8, 4) is 11.8 Å². The Hall–Kier alpha value is -3.59. The van der Waals surface area contributed by atoms with Gasteiger partial charge in [-0.3, -0.25) is 14.7 Å². The fourth-order valence-electron chi connectivity index (χ4n) is 4.61. The second-order valence-electron chi connectivity index (χ2n) is 8.66. The molecule has 31 heavy (non-hydrogen) atoms. The molecule has 0 spiro atoms. The predicted molar refractivity (Wildman–Crippen MR) is 119 cm³/mol. The number of benzene rings is 1. The van der Waals surface area contributed by atoms with Crippen molar-refractivity contribution in [3.05, 3.63) is 77.0 Å². The lowest BCUT2D eigenvalue weighted by atomic mass is 9.68. The number of para-hydroxylation sites is 1. The Labute approximate surface area is 182 Å². The van der Waals surface area contributed by atoms with Gasteiger partial charge in [-0.05, 0) is 37.0 Å². The number of hydrogen-bond donors (Lipinski definition) is 1. The molecule has 2 aliphatic rings. The number of allylic oxidation sites excluding steroid dienone is 3. The number of aromatic nitrogens is 1. The summed E-state index contributed by atoms with van der Waals surface area (Å²) in [6.07, 6.45) is 4.46. The summed E-state index contributed by atoms with van der Waals surface area (Å²) < 4.78 is 5.86. The summed E-state index contributed by atoms with van der Waals surface area (Å²) in [4.78, 5) is 19.6. The topological polar surface area (TPSA) is 92.2 Å². The normalized spacial score (nSPS) is 20.4. The minimum atomic E-state index is -0.556. The van der Waals surface area contributed by atoms with Crippen molar-refractivity contribution in [2.24, 2.45) is 11.1 Å². The molecule has 0 fully saturated rings. The number of carbonyl (C=O) groups is 1. The van der Waals surface area contributed by atoms with Crippen LogP contribution in [0.5, 0.6) is 5.75 Å². The highest BCUT2D eigenvalue weighted by Crippen LogP contribution is 2.51. The molecule has 0 bridgehead atoms. The number of carbonyl (C=O) groups excluding carboxylic acids is 1. The van der Waals surface area contributed by atoms with Crippen molar-refractivity contribution < 1.29 is 9.53 Å². The number of ether oxygens (including phenoxy) is 1. The van der Waals surface area contributed by atoms with Gasteiger partial charge < -0.3 is 10.5 Å². The Morgan fingerprint density at radius 2 is 2.03 bits per heavy atom. The molecular formula is C25H26N4O2. The number of hydrogen-bond acceptors (Lipinski definition) is 6. The van der Waals surface area contributed by atoms with Crippen LogP contribution in [0.25, 0.3) is 0 Å². The maximum atomic E-state index is 13.5. The summed E-state index contributed by atoms with van der Waals surface area (Å²) in [5, 5.41) is 10.2. The van der Waals surface area contributed by atoms with E-state index in [0.29, 0.717) is 42.2 Å². The largest absolute Gasteiger partial charge is 0.494 e. The van der Waals surface area contributed by atoms with Crippen LogP contribution in [0, 0.1) is 16.7 Å². The summed E-state index contributed by atoms with van der Waals surface area (Å²) in [7, 11) is 0. The molecule has 1 aromatic carbocycles. The molecule has 1 aromatic heterocycles. The Morgan fingerprint density at radius 3 is 2.71 bits per heavy atom. The van der Waals surface area contributed by atoms with Crippen LogP contribution in [0.15, 0.2) is 71.5 Å². The van der Waals surface area contributed by atoms with E-state index >= 15 is 0 Å². The van der Waals surface area contributed by atoms with Crippen molar-refractivity contribution in [2.75, 3.05) is 11.5 Å². The fraction of sp³-hybridized carbons (Fsp3) is 0.320. The van der Waals surface area contributed by atoms with Crippen LogP contribution in [0.2, 0.25) is 0 Å². The Balaban J connectivity index is 2.01. The minimum Gasteiger partial charge on any atom is -0.494 e. The van der Waals surface area contributed by atoms with Gasteiger partial charge >= 0.3 is 0 Å². The molecule has 4 rings (SSSR count). The van der Waals surface area contributed by atoms with Gasteiger partial charge in [-0.15, -0.1) is 0 Å². The number of nitrogens with zero attached hydrogens (tertiary/aromatic N) is 3. The highest BCUT2D eigenvalue weighted by Gasteiger charge is 2.45. The maximum absolute atomic E-state index is 13.5. The van der Waals surface area contributed by atoms with Crippen molar-refractivity contribution in [3.63, 3.8) is 0 Å². The third-order valence-electron chi connectivity index (χ3n) is 5.81. The number of rotatable bonds is 4. The summed E-state index contributed by atoms with van der Waals surface area (Å²) >= 11 is 0. The second-order valence-corrected chi connectivity index (χ2v) is 8.66. The minimum absolute atomic E-state index is 0.0386. The molecule has 2 N–H and O–H groups in total. The van der Waals surface area contributed by atoms with E-state index in [1.807, 2.05) is 48.2 Å². The molecule has 2 heterocycles. The molecule has 158 valence electrons. The van der Waals surface area contributed by atoms with Crippen LogP contribution in [-0.4, -0.2) is 17.4 Å². The lowest BCUT2D eigenvalue weighted by molar-refractivity contribution is -0.118. The first-order chi connectivity index (χ1) is 14.9. The predicted octanol–water partition coefficient (Wildman–Crippen LogP) is 4.42. The molecular weight excluding hydrogens is 388 g/mol. The number of nitriles is 1. The van der Waals surface area contributed by atoms with Gasteiger partial charge in [0.05, 0.1) is 36.1 Å². The van der Waals surface area contributed by atoms with Crippen LogP contribution in [0.3, 0.4) is 0 Å². The number of anilines is 1. The van der Waals surface area contributed by atoms with Crippen LogP contribution in [-0.2, 0) is 4.79 Å². The Kier molecular flexibility index (Phi) is 5.28. The molecule has 1 unspecified atom stereocenters. The smallest absolute Gasteiger partial charge is 0.162 e. The zero-order chi connectivity index (χ0) is 22.2. The first kappa shape index (κ1) is 20.7. The quantitative estimate of drug-likeness (QED) is 0.796. The number of pyridine rings is 1. The highest BCUT2D eigenvalue weighted by molar-refractivity contribution is 6.01. The van der Waals surface area contributed by atoms with E-state index in [4.69, 9.17) is 10.5 Å². The molecule has 1 atom stereocenters. The lowest BCUT2D eigenvalue weighted by Crippen LogP contribution is -2.42. The summed E-state index contributed by atoms with van der Waals surface area (Å²) in [5.74, 6) is 0.474. The molecule has 1 aliphatic carbocycles. The monoisotopic (exact) mass is 414 g/mol. The van der Waals surface area contributed by atoms with Crippen LogP contribution >= 0.6 is 0 Å². The average molecular weight is 415 g/mol. The lowest BCUT2D eigenvalue weighted by Gasteiger charge is -2.43. The number of ketones is 1. The van der Waals surface area contributed by atoms with Gasteiger partial charge in [0.25, 0.3) is 0 Å². The molecule has 0 saturated carbocycles. The third-order valence-corrected chi connectivity index (χ3v) is 5.81. The Morgan fingerprint density at radius 1 is 1.26 bits per heavy atom. The Bertz CT molecular complexity index is 1130. The molecule has 0 radical (unpaired) electrons. The van der Waals surface area contributed by atoms with Crippen molar-refractivity contribution in [1.82, 2.24) is 4.98 Å². The second kappa shape index (κ2) is 7.92. The fourth-order valence-corrected chi connectivity index (χ4v) is 4.61. The zero-order valence-electron chi connectivity index (χ0n) is 18.1. The first-order valence-electron chi connectivity index (χ1n) is 10.5. The van der Waals surface area contributed by atoms with Gasteiger partial charge in [-0.2, -0.15) is 5.26 Å². The SMILES string of the molecule is CCOc1ccccc1C1C(C#N)=C(N)N(c2cccnc2)C2=C1C(=O)CC(C)(C)C2. The molecule has 6 heteroatoms. The van der Waals surface area contributed by atoms with Gasteiger partial charge in [-0.25, -0.2) is 0 Å². The maximum Gasteiger partial charge on any atom is 0.162 e. The molecule has 6 nitrogen and oxygen atoms in total. The van der Waals surface area contributed by atoms with Crippen LogP contribution in [0.4, 0.5) is 5.69 Å². The first-order valence-corrected chi connectivity index (χ1v) is 10.5. The van der Waals surface area contributed by atoms with Crippen LogP contribution < -0.4 is 15.4 Å². The van der Waals surface area contributed by atoms with E-state index in [9.17, 15) is 10.1 Å². The molecule has 0 amide bonds. The third kappa shape index (κ3) is 3.57. The van der Waals surface area contributed by atoms with Gasteiger partial charge in [0.15, 0.2) is 5.78 Å². The summed E-state index contributed by atoms with van der Waals surface area (Å²) in [6.45, 7) is 6.56. The van der Waals surface area contributed by atoms with Crippen molar-refractivity contribution in [2.45, 2.75) is 39.5 Å². The van der Waals surface area contributed by atoms with Gasteiger partial charge in [-0.1, -0.05) is 32.0 Å². The van der Waals surface area contributed by atoms with E-state index in [2.05, 4.69) is 24.9 Å². The zero-order valence-corrected chi connectivity index (χ0v) is 18.1. The standard InChI is InChI=1S/C25H26N4O2/c1-4-31-21-10-6-5-9-17(21)22-18(14-26)24(27)29(16-8-7-11-28-15-16)19-12-25(2,3)13-20(30)23(19)22/h5-11,15,22H,4,12-13,27H2,1-3H3. The van der Waals surface area contributed by atoms with Crippen molar-refractivity contribution >= 4 is 11.5 Å². The van der Waals surface area contributed by atoms with Crippen molar-refractivity contribution in [1.29, 1.82) is 5.26 Å². The number of Topliss-reactive ketones (excluding diaryl/α,β-unsaturated/α-hetero) is 1. The molecule has 1 aliphatic heterocycles.